The Morgan fingerprint density at radius 3 is 2.52 bits per heavy atom. The minimum Gasteiger partial charge on any atom is -0.381 e. The Labute approximate surface area is 126 Å². The molecule has 2 fully saturated rings. The largest absolute Gasteiger partial charge is 0.381 e. The summed E-state index contributed by atoms with van der Waals surface area (Å²) in [6, 6.07) is 11.2. The number of carbonyl (C=O) groups excluding carboxylic acids is 1. The van der Waals surface area contributed by atoms with E-state index in [0.717, 1.165) is 45.7 Å². The zero-order valence-electron chi connectivity index (χ0n) is 12.7. The van der Waals surface area contributed by atoms with Crippen LogP contribution in [0.5, 0.6) is 0 Å². The quantitative estimate of drug-likeness (QED) is 0.835. The van der Waals surface area contributed by atoms with Gasteiger partial charge in [-0.2, -0.15) is 0 Å². The maximum absolute atomic E-state index is 12.0. The van der Waals surface area contributed by atoms with Gasteiger partial charge in [0.25, 0.3) is 0 Å². The van der Waals surface area contributed by atoms with Crippen LogP contribution in [0.4, 0.5) is 0 Å². The van der Waals surface area contributed by atoms with Crippen molar-refractivity contribution in [3.8, 4) is 0 Å². The van der Waals surface area contributed by atoms with Crippen molar-refractivity contribution in [3.05, 3.63) is 35.9 Å². The van der Waals surface area contributed by atoms with Gasteiger partial charge in [0.05, 0.1) is 6.04 Å². The van der Waals surface area contributed by atoms with E-state index in [0.29, 0.717) is 6.04 Å². The smallest absolute Gasteiger partial charge is 0.220 e. The molecule has 0 aromatic heterocycles. The Hall–Kier alpha value is -1.39. The summed E-state index contributed by atoms with van der Waals surface area (Å²) in [6.45, 7) is 6.16. The number of benzene rings is 1. The Morgan fingerprint density at radius 1 is 1.14 bits per heavy atom. The van der Waals surface area contributed by atoms with Gasteiger partial charge in [-0.15, -0.1) is 0 Å². The van der Waals surface area contributed by atoms with Crippen LogP contribution in [0, 0.1) is 0 Å². The molecule has 0 radical (unpaired) electrons. The SMILES string of the molecule is CC(=O)N1CCN(C2CCOCC2)C[C@@H]1c1ccccc1. The molecule has 2 aliphatic heterocycles. The van der Waals surface area contributed by atoms with Crippen LogP contribution >= 0.6 is 0 Å². The molecule has 0 aliphatic carbocycles. The second kappa shape index (κ2) is 6.58. The molecule has 0 unspecified atom stereocenters. The molecule has 2 heterocycles. The summed E-state index contributed by atoms with van der Waals surface area (Å²) >= 11 is 0. The van der Waals surface area contributed by atoms with E-state index < -0.39 is 0 Å². The van der Waals surface area contributed by atoms with Crippen molar-refractivity contribution >= 4 is 5.91 Å². The molecular weight excluding hydrogens is 264 g/mol. The summed E-state index contributed by atoms with van der Waals surface area (Å²) in [6.07, 6.45) is 2.23. The third kappa shape index (κ3) is 3.27. The van der Waals surface area contributed by atoms with Gasteiger partial charge in [-0.05, 0) is 18.4 Å². The summed E-state index contributed by atoms with van der Waals surface area (Å²) < 4.78 is 5.47. The van der Waals surface area contributed by atoms with E-state index in [9.17, 15) is 4.79 Å². The fourth-order valence-electron chi connectivity index (χ4n) is 3.52. The summed E-state index contributed by atoms with van der Waals surface area (Å²) in [7, 11) is 0. The highest BCUT2D eigenvalue weighted by Gasteiger charge is 2.33. The number of piperazine rings is 1. The number of amides is 1. The average Bonchev–Trinajstić information content (AvgIpc) is 2.56. The summed E-state index contributed by atoms with van der Waals surface area (Å²) in [5, 5.41) is 0. The number of ether oxygens (including phenoxy) is 1. The van der Waals surface area contributed by atoms with Gasteiger partial charge in [-0.1, -0.05) is 30.3 Å². The first-order valence-corrected chi connectivity index (χ1v) is 7.89. The third-order valence-electron chi connectivity index (χ3n) is 4.71. The highest BCUT2D eigenvalue weighted by Crippen LogP contribution is 2.28. The fraction of sp³-hybridized carbons (Fsp3) is 0.588. The second-order valence-corrected chi connectivity index (χ2v) is 5.98. The van der Waals surface area contributed by atoms with Crippen LogP contribution in [-0.4, -0.2) is 54.6 Å². The van der Waals surface area contributed by atoms with Crippen LogP contribution < -0.4 is 0 Å². The molecule has 114 valence electrons. The molecule has 0 saturated carbocycles. The third-order valence-corrected chi connectivity index (χ3v) is 4.71. The molecule has 0 spiro atoms. The topological polar surface area (TPSA) is 32.8 Å². The number of nitrogens with zero attached hydrogens (tertiary/aromatic N) is 2. The van der Waals surface area contributed by atoms with E-state index in [-0.39, 0.29) is 11.9 Å². The van der Waals surface area contributed by atoms with Gasteiger partial charge in [0.2, 0.25) is 5.91 Å². The standard InChI is InChI=1S/C17H24N2O2/c1-14(20)19-10-9-18(16-7-11-21-12-8-16)13-17(19)15-5-3-2-4-6-15/h2-6,16-17H,7-13H2,1H3/t17-/m1/s1. The molecule has 1 aromatic carbocycles. The first-order chi connectivity index (χ1) is 10.3. The first-order valence-electron chi connectivity index (χ1n) is 7.89. The molecule has 3 rings (SSSR count). The van der Waals surface area contributed by atoms with Crippen LogP contribution in [-0.2, 0) is 9.53 Å². The fourth-order valence-corrected chi connectivity index (χ4v) is 3.52. The molecule has 0 bridgehead atoms. The monoisotopic (exact) mass is 288 g/mol. The Morgan fingerprint density at radius 2 is 1.86 bits per heavy atom. The highest BCUT2D eigenvalue weighted by atomic mass is 16.5. The molecule has 1 amide bonds. The molecule has 1 aromatic rings. The van der Waals surface area contributed by atoms with Gasteiger partial charge in [0, 0.05) is 45.8 Å². The number of hydrogen-bond acceptors (Lipinski definition) is 3. The molecule has 21 heavy (non-hydrogen) atoms. The number of hydrogen-bond donors (Lipinski definition) is 0. The maximum atomic E-state index is 12.0. The first kappa shape index (κ1) is 14.5. The van der Waals surface area contributed by atoms with Gasteiger partial charge in [-0.25, -0.2) is 0 Å². The van der Waals surface area contributed by atoms with Gasteiger partial charge >= 0.3 is 0 Å². The van der Waals surface area contributed by atoms with E-state index in [1.54, 1.807) is 6.92 Å². The molecule has 2 aliphatic rings. The van der Waals surface area contributed by atoms with Crippen molar-refractivity contribution in [1.82, 2.24) is 9.80 Å². The molecule has 0 N–H and O–H groups in total. The van der Waals surface area contributed by atoms with Gasteiger partial charge < -0.3 is 9.64 Å². The van der Waals surface area contributed by atoms with Crippen molar-refractivity contribution in [3.63, 3.8) is 0 Å². The van der Waals surface area contributed by atoms with Crippen molar-refractivity contribution in [2.24, 2.45) is 0 Å². The summed E-state index contributed by atoms with van der Waals surface area (Å²) in [5.41, 5.74) is 1.24. The molecule has 1 atom stereocenters. The summed E-state index contributed by atoms with van der Waals surface area (Å²) in [4.78, 5) is 16.5. The van der Waals surface area contributed by atoms with E-state index in [1.165, 1.54) is 5.56 Å². The van der Waals surface area contributed by atoms with Gasteiger partial charge in [0.1, 0.15) is 0 Å². The van der Waals surface area contributed by atoms with E-state index in [4.69, 9.17) is 4.74 Å². The minimum absolute atomic E-state index is 0.176. The minimum atomic E-state index is 0.176. The highest BCUT2D eigenvalue weighted by molar-refractivity contribution is 5.74. The van der Waals surface area contributed by atoms with Crippen LogP contribution in [0.15, 0.2) is 30.3 Å². The molecule has 2 saturated heterocycles. The van der Waals surface area contributed by atoms with Crippen LogP contribution in [0.3, 0.4) is 0 Å². The van der Waals surface area contributed by atoms with E-state index in [1.807, 2.05) is 11.0 Å². The lowest BCUT2D eigenvalue weighted by Crippen LogP contribution is -2.54. The zero-order valence-corrected chi connectivity index (χ0v) is 12.7. The maximum Gasteiger partial charge on any atom is 0.220 e. The predicted molar refractivity (Wildman–Crippen MR) is 82.0 cm³/mol. The van der Waals surface area contributed by atoms with Gasteiger partial charge in [-0.3, -0.25) is 9.69 Å². The van der Waals surface area contributed by atoms with Crippen molar-refractivity contribution in [2.75, 3.05) is 32.8 Å². The van der Waals surface area contributed by atoms with Gasteiger partial charge in [0.15, 0.2) is 0 Å². The number of carbonyl (C=O) groups is 1. The van der Waals surface area contributed by atoms with Crippen molar-refractivity contribution in [1.29, 1.82) is 0 Å². The second-order valence-electron chi connectivity index (χ2n) is 5.98. The molecule has 4 heteroatoms. The van der Waals surface area contributed by atoms with E-state index in [2.05, 4.69) is 29.2 Å². The lowest BCUT2D eigenvalue weighted by atomic mass is 9.99. The lowest BCUT2D eigenvalue weighted by Gasteiger charge is -2.45. The molecular formula is C17H24N2O2. The van der Waals surface area contributed by atoms with Crippen LogP contribution in [0.1, 0.15) is 31.4 Å². The predicted octanol–water partition coefficient (Wildman–Crippen LogP) is 2.07. The Balaban J connectivity index is 1.77. The number of rotatable bonds is 2. The Bertz CT molecular complexity index is 471. The normalized spacial score (nSPS) is 25.0. The van der Waals surface area contributed by atoms with Crippen molar-refractivity contribution in [2.45, 2.75) is 31.8 Å². The lowest BCUT2D eigenvalue weighted by molar-refractivity contribution is -0.135. The van der Waals surface area contributed by atoms with E-state index >= 15 is 0 Å². The average molecular weight is 288 g/mol. The Kier molecular flexibility index (Phi) is 4.56. The molecule has 4 nitrogen and oxygen atoms in total. The zero-order chi connectivity index (χ0) is 14.7. The van der Waals surface area contributed by atoms with Crippen LogP contribution in [0.2, 0.25) is 0 Å². The van der Waals surface area contributed by atoms with Crippen LogP contribution in [0.25, 0.3) is 0 Å². The summed E-state index contributed by atoms with van der Waals surface area (Å²) in [5.74, 6) is 0.176. The van der Waals surface area contributed by atoms with Crippen molar-refractivity contribution < 1.29 is 9.53 Å².